The number of alkyl halides is 2. The summed E-state index contributed by atoms with van der Waals surface area (Å²) < 4.78 is 13.4. The molecule has 1 aromatic rings. The van der Waals surface area contributed by atoms with Gasteiger partial charge in [0.2, 0.25) is 0 Å². The number of hydrogen-bond donors (Lipinski definition) is 1. The highest BCUT2D eigenvalue weighted by Crippen LogP contribution is 2.16. The first-order valence-corrected chi connectivity index (χ1v) is 6.34. The molecule has 0 atom stereocenters. The molecule has 0 heterocycles. The molecule has 1 aromatic carbocycles. The molecule has 0 unspecified atom stereocenters. The predicted octanol–water partition coefficient (Wildman–Crippen LogP) is 3.18. The van der Waals surface area contributed by atoms with Crippen molar-refractivity contribution in [3.05, 3.63) is 35.6 Å². The highest BCUT2D eigenvalue weighted by molar-refractivity contribution is 6.22. The second-order valence-corrected chi connectivity index (χ2v) is 4.37. The highest BCUT2D eigenvalue weighted by atomic mass is 35.5. The fraction of sp³-hybridized carbons (Fsp3) is 0.417. The minimum atomic E-state index is -0.692. The van der Waals surface area contributed by atoms with Gasteiger partial charge in [0.25, 0.3) is 5.91 Å². The summed E-state index contributed by atoms with van der Waals surface area (Å²) in [4.78, 5) is 11.9. The van der Waals surface area contributed by atoms with Crippen molar-refractivity contribution < 1.29 is 9.18 Å². The van der Waals surface area contributed by atoms with Gasteiger partial charge in [-0.15, -0.1) is 23.2 Å². The minimum Gasteiger partial charge on any atom is -0.344 e. The second-order valence-electron chi connectivity index (χ2n) is 3.84. The van der Waals surface area contributed by atoms with E-state index in [9.17, 15) is 9.18 Å². The van der Waals surface area contributed by atoms with Gasteiger partial charge in [-0.05, 0) is 18.6 Å². The molecule has 1 rings (SSSR count). The molecule has 0 spiro atoms. The van der Waals surface area contributed by atoms with Crippen molar-refractivity contribution in [3.8, 4) is 0 Å². The van der Waals surface area contributed by atoms with Crippen LogP contribution in [0.5, 0.6) is 0 Å². The second kappa shape index (κ2) is 6.22. The SMILES string of the molecule is CCC(CCl)(CCl)NC(=O)c1ccccc1F. The molecule has 0 radical (unpaired) electrons. The molecule has 0 aromatic heterocycles. The first-order chi connectivity index (χ1) is 8.08. The Morgan fingerprint density at radius 1 is 1.35 bits per heavy atom. The van der Waals surface area contributed by atoms with Crippen molar-refractivity contribution in [2.75, 3.05) is 11.8 Å². The third-order valence-electron chi connectivity index (χ3n) is 2.69. The van der Waals surface area contributed by atoms with E-state index >= 15 is 0 Å². The topological polar surface area (TPSA) is 29.1 Å². The summed E-state index contributed by atoms with van der Waals surface area (Å²) in [7, 11) is 0. The molecule has 0 aliphatic carbocycles. The number of carbonyl (C=O) groups excluding carboxylic acids is 1. The largest absolute Gasteiger partial charge is 0.344 e. The number of amides is 1. The Hall–Kier alpha value is -0.800. The van der Waals surface area contributed by atoms with Crippen LogP contribution in [0, 0.1) is 5.82 Å². The Morgan fingerprint density at radius 3 is 2.41 bits per heavy atom. The van der Waals surface area contributed by atoms with Gasteiger partial charge >= 0.3 is 0 Å². The van der Waals surface area contributed by atoms with Crippen LogP contribution in [-0.2, 0) is 0 Å². The van der Waals surface area contributed by atoms with Gasteiger partial charge in [0.05, 0.1) is 11.1 Å². The molecule has 2 nitrogen and oxygen atoms in total. The molecule has 17 heavy (non-hydrogen) atoms. The summed E-state index contributed by atoms with van der Waals surface area (Å²) in [6, 6.07) is 5.80. The number of hydrogen-bond acceptors (Lipinski definition) is 1. The quantitative estimate of drug-likeness (QED) is 0.823. The van der Waals surface area contributed by atoms with Crippen molar-refractivity contribution in [1.29, 1.82) is 0 Å². The average Bonchev–Trinajstić information content (AvgIpc) is 2.36. The van der Waals surface area contributed by atoms with E-state index in [0.717, 1.165) is 0 Å². The molecule has 0 saturated heterocycles. The standard InChI is InChI=1S/C12H14Cl2FNO/c1-2-12(7-13,8-14)16-11(17)9-5-3-4-6-10(9)15/h3-6H,2,7-8H2,1H3,(H,16,17). The maximum atomic E-state index is 13.4. The number of rotatable bonds is 5. The summed E-state index contributed by atoms with van der Waals surface area (Å²) in [6.07, 6.45) is 0.584. The first kappa shape index (κ1) is 14.3. The molecule has 0 saturated carbocycles. The van der Waals surface area contributed by atoms with Gasteiger partial charge in [-0.25, -0.2) is 4.39 Å². The van der Waals surface area contributed by atoms with Crippen LogP contribution in [0.2, 0.25) is 0 Å². The maximum absolute atomic E-state index is 13.4. The molecular weight excluding hydrogens is 264 g/mol. The molecule has 0 bridgehead atoms. The number of benzene rings is 1. The van der Waals surface area contributed by atoms with Gasteiger partial charge in [0, 0.05) is 11.8 Å². The van der Waals surface area contributed by atoms with Crippen LogP contribution in [0.3, 0.4) is 0 Å². The Labute approximate surface area is 110 Å². The molecular formula is C12H14Cl2FNO. The molecule has 1 amide bonds. The van der Waals surface area contributed by atoms with E-state index < -0.39 is 17.3 Å². The van der Waals surface area contributed by atoms with Crippen molar-refractivity contribution in [1.82, 2.24) is 5.32 Å². The van der Waals surface area contributed by atoms with E-state index in [1.807, 2.05) is 6.92 Å². The predicted molar refractivity (Wildman–Crippen MR) is 68.3 cm³/mol. The van der Waals surface area contributed by atoms with Gasteiger partial charge in [0.15, 0.2) is 0 Å². The molecule has 0 aliphatic heterocycles. The van der Waals surface area contributed by atoms with Crippen LogP contribution in [0.25, 0.3) is 0 Å². The zero-order chi connectivity index (χ0) is 12.9. The van der Waals surface area contributed by atoms with Gasteiger partial charge in [-0.2, -0.15) is 0 Å². The monoisotopic (exact) mass is 277 g/mol. The first-order valence-electron chi connectivity index (χ1n) is 5.27. The summed E-state index contributed by atoms with van der Waals surface area (Å²) in [5.74, 6) is -0.675. The van der Waals surface area contributed by atoms with Crippen LogP contribution >= 0.6 is 23.2 Å². The van der Waals surface area contributed by atoms with Crippen molar-refractivity contribution >= 4 is 29.1 Å². The summed E-state index contributed by atoms with van der Waals surface area (Å²) >= 11 is 11.6. The van der Waals surface area contributed by atoms with Crippen molar-refractivity contribution in [3.63, 3.8) is 0 Å². The zero-order valence-corrected chi connectivity index (χ0v) is 11.0. The van der Waals surface area contributed by atoms with E-state index in [1.165, 1.54) is 18.2 Å². The molecule has 94 valence electrons. The fourth-order valence-corrected chi connectivity index (χ4v) is 2.13. The van der Waals surface area contributed by atoms with Gasteiger partial charge in [-0.1, -0.05) is 19.1 Å². The Kier molecular flexibility index (Phi) is 5.22. The Bertz CT molecular complexity index is 386. The van der Waals surface area contributed by atoms with E-state index in [-0.39, 0.29) is 17.3 Å². The molecule has 1 N–H and O–H groups in total. The molecule has 0 fully saturated rings. The van der Waals surface area contributed by atoms with Crippen LogP contribution < -0.4 is 5.32 Å². The summed E-state index contributed by atoms with van der Waals surface area (Å²) in [5.41, 5.74) is -0.691. The Balaban J connectivity index is 2.89. The smallest absolute Gasteiger partial charge is 0.254 e. The molecule has 5 heteroatoms. The van der Waals surface area contributed by atoms with E-state index in [0.29, 0.717) is 6.42 Å². The lowest BCUT2D eigenvalue weighted by Gasteiger charge is -2.29. The number of carbonyl (C=O) groups is 1. The summed E-state index contributed by atoms with van der Waals surface area (Å²) in [5, 5.41) is 2.69. The van der Waals surface area contributed by atoms with Gasteiger partial charge in [0.1, 0.15) is 5.82 Å². The van der Waals surface area contributed by atoms with Gasteiger partial charge < -0.3 is 5.32 Å². The van der Waals surface area contributed by atoms with Crippen LogP contribution in [0.15, 0.2) is 24.3 Å². The average molecular weight is 278 g/mol. The lowest BCUT2D eigenvalue weighted by Crippen LogP contribution is -2.51. The number of halogens is 3. The zero-order valence-electron chi connectivity index (χ0n) is 9.47. The number of nitrogens with one attached hydrogen (secondary N) is 1. The van der Waals surface area contributed by atoms with E-state index in [4.69, 9.17) is 23.2 Å². The Morgan fingerprint density at radius 2 is 1.94 bits per heavy atom. The van der Waals surface area contributed by atoms with E-state index in [2.05, 4.69) is 5.32 Å². The molecule has 0 aliphatic rings. The van der Waals surface area contributed by atoms with E-state index in [1.54, 1.807) is 6.07 Å². The van der Waals surface area contributed by atoms with Crippen molar-refractivity contribution in [2.24, 2.45) is 0 Å². The summed E-state index contributed by atoms with van der Waals surface area (Å²) in [6.45, 7) is 1.87. The van der Waals surface area contributed by atoms with Crippen LogP contribution in [-0.4, -0.2) is 23.2 Å². The lowest BCUT2D eigenvalue weighted by molar-refractivity contribution is 0.0909. The van der Waals surface area contributed by atoms with Gasteiger partial charge in [-0.3, -0.25) is 4.79 Å². The maximum Gasteiger partial charge on any atom is 0.254 e. The third-order valence-corrected chi connectivity index (χ3v) is 3.71. The van der Waals surface area contributed by atoms with Crippen LogP contribution in [0.4, 0.5) is 4.39 Å². The third kappa shape index (κ3) is 3.33. The minimum absolute atomic E-state index is 0.000517. The fourth-order valence-electron chi connectivity index (χ4n) is 1.33. The van der Waals surface area contributed by atoms with Crippen molar-refractivity contribution in [2.45, 2.75) is 18.9 Å². The highest BCUT2D eigenvalue weighted by Gasteiger charge is 2.29. The lowest BCUT2D eigenvalue weighted by atomic mass is 10.0. The normalized spacial score (nSPS) is 11.3. The van der Waals surface area contributed by atoms with Crippen LogP contribution in [0.1, 0.15) is 23.7 Å².